The predicted molar refractivity (Wildman–Crippen MR) is 87.3 cm³/mol. The molecule has 0 radical (unpaired) electrons. The summed E-state index contributed by atoms with van der Waals surface area (Å²) >= 11 is 0. The Morgan fingerprint density at radius 3 is 2.95 bits per heavy atom. The van der Waals surface area contributed by atoms with E-state index in [4.69, 9.17) is 0 Å². The van der Waals surface area contributed by atoms with Crippen molar-refractivity contribution >= 4 is 10.9 Å². The molecular weight excluding hydrogens is 258 g/mol. The molecule has 0 aliphatic carbocycles. The first kappa shape index (κ1) is 13.4. The van der Waals surface area contributed by atoms with Crippen molar-refractivity contribution in [3.63, 3.8) is 0 Å². The molecule has 3 heterocycles. The molecule has 1 N–H and O–H groups in total. The lowest BCUT2D eigenvalue weighted by atomic mass is 10.00. The SMILES string of the molecule is CN1C[C@@H]2CCC[C@H]1CN(Cc1cc3ccccc3[nH]1)C2. The van der Waals surface area contributed by atoms with Gasteiger partial charge in [-0.05, 0) is 43.3 Å². The number of likely N-dealkylation sites (N-methyl/N-ethyl adjacent to an activating group) is 1. The van der Waals surface area contributed by atoms with Crippen molar-refractivity contribution < 1.29 is 0 Å². The summed E-state index contributed by atoms with van der Waals surface area (Å²) in [4.78, 5) is 8.85. The zero-order valence-electron chi connectivity index (χ0n) is 12.9. The normalized spacial score (nSPS) is 27.9. The molecular formula is C18H25N3. The van der Waals surface area contributed by atoms with Crippen molar-refractivity contribution in [1.82, 2.24) is 14.8 Å². The van der Waals surface area contributed by atoms with Crippen LogP contribution in [0.25, 0.3) is 10.9 Å². The predicted octanol–water partition coefficient (Wildman–Crippen LogP) is 3.08. The highest BCUT2D eigenvalue weighted by Crippen LogP contribution is 2.27. The van der Waals surface area contributed by atoms with Crippen LogP contribution in [0.1, 0.15) is 25.0 Å². The van der Waals surface area contributed by atoms with Crippen molar-refractivity contribution in [2.24, 2.45) is 5.92 Å². The Hall–Kier alpha value is -1.32. The lowest BCUT2D eigenvalue weighted by Gasteiger charge is -2.29. The van der Waals surface area contributed by atoms with Crippen molar-refractivity contribution in [1.29, 1.82) is 0 Å². The average Bonchev–Trinajstić information content (AvgIpc) is 2.69. The molecule has 2 saturated heterocycles. The van der Waals surface area contributed by atoms with E-state index in [0.29, 0.717) is 0 Å². The van der Waals surface area contributed by atoms with E-state index < -0.39 is 0 Å². The van der Waals surface area contributed by atoms with Crippen LogP contribution in [-0.4, -0.2) is 47.5 Å². The van der Waals surface area contributed by atoms with Gasteiger partial charge < -0.3 is 9.88 Å². The van der Waals surface area contributed by atoms with E-state index in [1.807, 2.05) is 0 Å². The summed E-state index contributed by atoms with van der Waals surface area (Å²) in [6, 6.07) is 11.7. The van der Waals surface area contributed by atoms with Gasteiger partial charge in [0.05, 0.1) is 0 Å². The molecule has 2 atom stereocenters. The van der Waals surface area contributed by atoms with Crippen LogP contribution < -0.4 is 0 Å². The Morgan fingerprint density at radius 1 is 1.14 bits per heavy atom. The van der Waals surface area contributed by atoms with Gasteiger partial charge in [0, 0.05) is 43.4 Å². The zero-order valence-corrected chi connectivity index (χ0v) is 12.9. The van der Waals surface area contributed by atoms with Crippen LogP contribution in [0.4, 0.5) is 0 Å². The van der Waals surface area contributed by atoms with Gasteiger partial charge >= 0.3 is 0 Å². The maximum absolute atomic E-state index is 3.58. The van der Waals surface area contributed by atoms with E-state index in [2.05, 4.69) is 52.2 Å². The van der Waals surface area contributed by atoms with Gasteiger partial charge in [0.2, 0.25) is 0 Å². The molecule has 3 heteroatoms. The minimum atomic E-state index is 0.752. The third-order valence-electron chi connectivity index (χ3n) is 5.28. The van der Waals surface area contributed by atoms with Crippen LogP contribution in [0, 0.1) is 5.92 Å². The molecule has 21 heavy (non-hydrogen) atoms. The van der Waals surface area contributed by atoms with Crippen LogP contribution in [-0.2, 0) is 6.54 Å². The molecule has 2 aliphatic heterocycles. The molecule has 1 aromatic carbocycles. The zero-order chi connectivity index (χ0) is 14.2. The summed E-state index contributed by atoms with van der Waals surface area (Å²) in [5.41, 5.74) is 2.62. The first-order chi connectivity index (χ1) is 10.3. The Labute approximate surface area is 126 Å². The van der Waals surface area contributed by atoms with Gasteiger partial charge in [-0.15, -0.1) is 0 Å². The van der Waals surface area contributed by atoms with Crippen LogP contribution in [0.15, 0.2) is 30.3 Å². The molecule has 2 aromatic rings. The fourth-order valence-electron chi connectivity index (χ4n) is 4.22. The molecule has 4 rings (SSSR count). The number of H-pyrrole nitrogens is 1. The minimum absolute atomic E-state index is 0.752. The molecule has 3 nitrogen and oxygen atoms in total. The molecule has 2 aliphatic rings. The second-order valence-electron chi connectivity index (χ2n) is 6.97. The highest BCUT2D eigenvalue weighted by Gasteiger charge is 2.30. The maximum atomic E-state index is 3.58. The number of aromatic amines is 1. The summed E-state index contributed by atoms with van der Waals surface area (Å²) < 4.78 is 0. The van der Waals surface area contributed by atoms with E-state index >= 15 is 0 Å². The van der Waals surface area contributed by atoms with Crippen LogP contribution >= 0.6 is 0 Å². The Morgan fingerprint density at radius 2 is 2.05 bits per heavy atom. The quantitative estimate of drug-likeness (QED) is 0.915. The number of benzene rings is 1. The molecule has 0 unspecified atom stereocenters. The van der Waals surface area contributed by atoms with Gasteiger partial charge in [0.25, 0.3) is 0 Å². The smallest absolute Gasteiger partial charge is 0.0456 e. The first-order valence-corrected chi connectivity index (χ1v) is 8.27. The molecule has 0 saturated carbocycles. The van der Waals surface area contributed by atoms with Crippen molar-refractivity contribution in [3.05, 3.63) is 36.0 Å². The Kier molecular flexibility index (Phi) is 3.48. The number of likely N-dealkylation sites (tertiary alicyclic amines) is 1. The third-order valence-corrected chi connectivity index (χ3v) is 5.28. The Balaban J connectivity index is 1.53. The Bertz CT molecular complexity index is 585. The van der Waals surface area contributed by atoms with Crippen LogP contribution in [0.3, 0.4) is 0 Å². The summed E-state index contributed by atoms with van der Waals surface area (Å²) in [6.45, 7) is 4.84. The van der Waals surface area contributed by atoms with Crippen molar-refractivity contribution in [2.45, 2.75) is 31.8 Å². The fourth-order valence-corrected chi connectivity index (χ4v) is 4.22. The number of rotatable bonds is 2. The van der Waals surface area contributed by atoms with Gasteiger partial charge in [-0.3, -0.25) is 4.90 Å². The van der Waals surface area contributed by atoms with Gasteiger partial charge in [-0.25, -0.2) is 0 Å². The van der Waals surface area contributed by atoms with E-state index in [9.17, 15) is 0 Å². The van der Waals surface area contributed by atoms with E-state index in [-0.39, 0.29) is 0 Å². The summed E-state index contributed by atoms with van der Waals surface area (Å²) in [6.07, 6.45) is 4.19. The number of hydrogen-bond donors (Lipinski definition) is 1. The largest absolute Gasteiger partial charge is 0.357 e. The number of aromatic nitrogens is 1. The standard InChI is InChI=1S/C18H25N3/c1-20-10-14-5-4-7-17(20)13-21(11-14)12-16-9-15-6-2-3-8-18(15)19-16/h2-3,6,8-9,14,17,19H,4-5,7,10-13H2,1H3/t14-,17-/m0/s1. The highest BCUT2D eigenvalue weighted by atomic mass is 15.2. The van der Waals surface area contributed by atoms with E-state index in [0.717, 1.165) is 18.5 Å². The highest BCUT2D eigenvalue weighted by molar-refractivity contribution is 5.80. The third kappa shape index (κ3) is 2.72. The van der Waals surface area contributed by atoms with Gasteiger partial charge in [0.15, 0.2) is 0 Å². The van der Waals surface area contributed by atoms with Gasteiger partial charge in [-0.1, -0.05) is 24.6 Å². The van der Waals surface area contributed by atoms with E-state index in [1.165, 1.54) is 55.5 Å². The lowest BCUT2D eigenvalue weighted by molar-refractivity contribution is 0.186. The fraction of sp³-hybridized carbons (Fsp3) is 0.556. The number of nitrogens with zero attached hydrogens (tertiary/aromatic N) is 2. The molecule has 2 bridgehead atoms. The maximum Gasteiger partial charge on any atom is 0.0456 e. The first-order valence-electron chi connectivity index (χ1n) is 8.27. The molecule has 2 fully saturated rings. The number of para-hydroxylation sites is 1. The molecule has 0 amide bonds. The van der Waals surface area contributed by atoms with Gasteiger partial charge in [0.1, 0.15) is 0 Å². The molecule has 0 spiro atoms. The summed E-state index contributed by atoms with van der Waals surface area (Å²) in [5.74, 6) is 0.854. The second kappa shape index (κ2) is 5.47. The van der Waals surface area contributed by atoms with Crippen molar-refractivity contribution in [2.75, 3.05) is 26.7 Å². The van der Waals surface area contributed by atoms with Crippen molar-refractivity contribution in [3.8, 4) is 0 Å². The number of hydrogen-bond acceptors (Lipinski definition) is 2. The second-order valence-corrected chi connectivity index (χ2v) is 6.97. The topological polar surface area (TPSA) is 22.3 Å². The van der Waals surface area contributed by atoms with E-state index in [1.54, 1.807) is 0 Å². The van der Waals surface area contributed by atoms with Crippen LogP contribution in [0.2, 0.25) is 0 Å². The monoisotopic (exact) mass is 283 g/mol. The summed E-state index contributed by atoms with van der Waals surface area (Å²) in [7, 11) is 2.31. The minimum Gasteiger partial charge on any atom is -0.357 e. The lowest BCUT2D eigenvalue weighted by Crippen LogP contribution is -2.38. The van der Waals surface area contributed by atoms with Gasteiger partial charge in [-0.2, -0.15) is 0 Å². The number of nitrogens with one attached hydrogen (secondary N) is 1. The summed E-state index contributed by atoms with van der Waals surface area (Å²) in [5, 5.41) is 1.33. The average molecular weight is 283 g/mol. The molecule has 112 valence electrons. The molecule has 1 aromatic heterocycles. The number of fused-ring (bicyclic) bond motifs is 4. The van der Waals surface area contributed by atoms with Crippen LogP contribution in [0.5, 0.6) is 0 Å².